The lowest BCUT2D eigenvalue weighted by molar-refractivity contribution is -0.127. The van der Waals surface area contributed by atoms with Crippen LogP contribution < -0.4 is 16.0 Å². The lowest BCUT2D eigenvalue weighted by atomic mass is 9.62. The Morgan fingerprint density at radius 3 is 2.59 bits per heavy atom. The van der Waals surface area contributed by atoms with Gasteiger partial charge in [0.1, 0.15) is 17.9 Å². The average molecular weight is 566 g/mol. The second kappa shape index (κ2) is 10.4. The van der Waals surface area contributed by atoms with Crippen molar-refractivity contribution in [3.63, 3.8) is 0 Å². The molecule has 10 heteroatoms. The van der Waals surface area contributed by atoms with Crippen molar-refractivity contribution < 1.29 is 27.9 Å². The molecule has 1 saturated carbocycles. The van der Waals surface area contributed by atoms with E-state index < -0.39 is 59.2 Å². The summed E-state index contributed by atoms with van der Waals surface area (Å²) in [4.78, 5) is 27.7. The minimum absolute atomic E-state index is 0.0468. The number of rotatable bonds is 7. The van der Waals surface area contributed by atoms with Gasteiger partial charge in [-0.3, -0.25) is 9.59 Å². The average Bonchev–Trinajstić information content (AvgIpc) is 3.30. The number of carbonyl (C=O) groups excluding carboxylic acids is 2. The molecule has 2 fully saturated rings. The standard InChI is InChI=1S/C29H35ClF3N3O3/c1-15(7-6-8-16(32)14-31)21-24(25(37)34-17-11-28(5,39)12-17)35-20(13-27(2,3)4)29(21)18-9-10-19(30)22(33)23(18)36-26(29)38/h6-10,17,20-21,24,35,39H,1,11-14H2,2-5H3,(H,34,37)(H,36,38)/b7-6-,16-8+/t17-,20-,21-,24+,28+,29+/m0/s1. The highest BCUT2D eigenvalue weighted by atomic mass is 35.5. The Labute approximate surface area is 231 Å². The van der Waals surface area contributed by atoms with Gasteiger partial charge < -0.3 is 21.1 Å². The predicted octanol–water partition coefficient (Wildman–Crippen LogP) is 5.03. The molecule has 1 saturated heterocycles. The van der Waals surface area contributed by atoms with Gasteiger partial charge in [-0.2, -0.15) is 0 Å². The Morgan fingerprint density at radius 1 is 1.33 bits per heavy atom. The Morgan fingerprint density at radius 2 is 2.00 bits per heavy atom. The first kappa shape index (κ1) is 29.4. The summed E-state index contributed by atoms with van der Waals surface area (Å²) in [7, 11) is 0. The molecule has 4 rings (SSSR count). The van der Waals surface area contributed by atoms with Crippen LogP contribution in [0.4, 0.5) is 18.9 Å². The van der Waals surface area contributed by atoms with Crippen molar-refractivity contribution in [2.75, 3.05) is 12.0 Å². The van der Waals surface area contributed by atoms with E-state index in [4.69, 9.17) is 11.6 Å². The van der Waals surface area contributed by atoms with Crippen LogP contribution in [0.15, 0.2) is 48.3 Å². The maximum Gasteiger partial charge on any atom is 0.238 e. The Kier molecular flexibility index (Phi) is 7.84. The zero-order chi connectivity index (χ0) is 28.9. The van der Waals surface area contributed by atoms with Crippen LogP contribution in [0.25, 0.3) is 0 Å². The number of nitrogens with one attached hydrogen (secondary N) is 3. The van der Waals surface area contributed by atoms with Gasteiger partial charge in [-0.15, -0.1) is 0 Å². The zero-order valence-electron chi connectivity index (χ0n) is 22.5. The molecular formula is C29H35ClF3N3O3. The molecule has 1 aromatic carbocycles. The van der Waals surface area contributed by atoms with E-state index in [0.717, 1.165) is 6.08 Å². The summed E-state index contributed by atoms with van der Waals surface area (Å²) in [5, 5.41) is 19.0. The first-order chi connectivity index (χ1) is 18.1. The first-order valence-corrected chi connectivity index (χ1v) is 13.3. The van der Waals surface area contributed by atoms with Gasteiger partial charge >= 0.3 is 0 Å². The lowest BCUT2D eigenvalue weighted by Gasteiger charge is -2.42. The van der Waals surface area contributed by atoms with Crippen LogP contribution in [0.3, 0.4) is 0 Å². The van der Waals surface area contributed by atoms with Crippen molar-refractivity contribution in [1.29, 1.82) is 0 Å². The van der Waals surface area contributed by atoms with Gasteiger partial charge in [0.2, 0.25) is 11.8 Å². The number of amides is 2. The fourth-order valence-electron chi connectivity index (χ4n) is 6.32. The van der Waals surface area contributed by atoms with E-state index in [0.29, 0.717) is 30.4 Å². The van der Waals surface area contributed by atoms with Crippen LogP contribution in [0.2, 0.25) is 5.02 Å². The largest absolute Gasteiger partial charge is 0.390 e. The molecule has 1 aromatic rings. The lowest BCUT2D eigenvalue weighted by Crippen LogP contribution is -2.57. The molecule has 1 aliphatic carbocycles. The summed E-state index contributed by atoms with van der Waals surface area (Å²) >= 11 is 6.04. The normalized spacial score (nSPS) is 32.3. The molecule has 6 nitrogen and oxygen atoms in total. The van der Waals surface area contributed by atoms with Gasteiger partial charge in [-0.1, -0.05) is 57.2 Å². The fraction of sp³-hybridized carbons (Fsp3) is 0.517. The SMILES string of the molecule is C=C(/C=C\C=C(\F)CF)[C@H]1[C@H](C(=O)N[C@H]2C[C@@](C)(O)C2)N[C@@H](CC(C)(C)C)[C@@]12C(=O)Nc1c2ccc(Cl)c1F. The molecule has 0 bridgehead atoms. The number of alkyl halides is 1. The number of hydrogen-bond donors (Lipinski definition) is 4. The Bertz CT molecular complexity index is 1250. The molecule has 212 valence electrons. The second-order valence-electron chi connectivity index (χ2n) is 12.3. The van der Waals surface area contributed by atoms with Crippen molar-refractivity contribution >= 4 is 29.1 Å². The molecule has 3 aliphatic rings. The van der Waals surface area contributed by atoms with Gasteiger partial charge in [0, 0.05) is 18.0 Å². The van der Waals surface area contributed by atoms with Crippen molar-refractivity contribution in [3.8, 4) is 0 Å². The van der Waals surface area contributed by atoms with Crippen molar-refractivity contribution in [1.82, 2.24) is 10.6 Å². The van der Waals surface area contributed by atoms with Gasteiger partial charge in [-0.25, -0.2) is 13.2 Å². The number of allylic oxidation sites excluding steroid dienone is 4. The molecule has 0 radical (unpaired) electrons. The molecule has 4 N–H and O–H groups in total. The van der Waals surface area contributed by atoms with Crippen LogP contribution in [-0.2, 0) is 15.0 Å². The molecule has 2 aliphatic heterocycles. The summed E-state index contributed by atoms with van der Waals surface area (Å²) in [5.41, 5.74) is -2.01. The number of benzene rings is 1. The van der Waals surface area contributed by atoms with Crippen LogP contribution in [0.1, 0.15) is 52.5 Å². The van der Waals surface area contributed by atoms with Crippen molar-refractivity contribution in [2.45, 2.75) is 76.1 Å². The highest BCUT2D eigenvalue weighted by Crippen LogP contribution is 2.55. The third kappa shape index (κ3) is 5.41. The van der Waals surface area contributed by atoms with E-state index in [9.17, 15) is 23.5 Å². The number of anilines is 1. The van der Waals surface area contributed by atoms with Crippen LogP contribution in [0.5, 0.6) is 0 Å². The first-order valence-electron chi connectivity index (χ1n) is 13.0. The summed E-state index contributed by atoms with van der Waals surface area (Å²) in [5.74, 6) is -3.58. The van der Waals surface area contributed by atoms with E-state index in [1.165, 1.54) is 18.2 Å². The number of halogens is 4. The monoisotopic (exact) mass is 565 g/mol. The summed E-state index contributed by atoms with van der Waals surface area (Å²) in [6, 6.07) is 1.13. The van der Waals surface area contributed by atoms with Gasteiger partial charge in [-0.05, 0) is 54.9 Å². The minimum atomic E-state index is -1.45. The van der Waals surface area contributed by atoms with E-state index >= 15 is 4.39 Å². The highest BCUT2D eigenvalue weighted by Gasteiger charge is 2.66. The quantitative estimate of drug-likeness (QED) is 0.349. The number of aliphatic hydroxyl groups is 1. The van der Waals surface area contributed by atoms with Gasteiger partial charge in [0.25, 0.3) is 0 Å². The Balaban J connectivity index is 1.85. The third-order valence-corrected chi connectivity index (χ3v) is 8.13. The van der Waals surface area contributed by atoms with Crippen LogP contribution in [-0.4, -0.2) is 47.3 Å². The van der Waals surface area contributed by atoms with Gasteiger partial charge in [0.15, 0.2) is 5.82 Å². The predicted molar refractivity (Wildman–Crippen MR) is 145 cm³/mol. The zero-order valence-corrected chi connectivity index (χ0v) is 23.3. The maximum atomic E-state index is 15.2. The number of fused-ring (bicyclic) bond motifs is 2. The van der Waals surface area contributed by atoms with Gasteiger partial charge in [0.05, 0.1) is 22.4 Å². The van der Waals surface area contributed by atoms with Crippen LogP contribution in [0, 0.1) is 17.2 Å². The Hall–Kier alpha value is -2.62. The fourth-order valence-corrected chi connectivity index (χ4v) is 6.48. The smallest absolute Gasteiger partial charge is 0.238 e. The molecule has 2 amide bonds. The maximum absolute atomic E-state index is 15.2. The number of carbonyl (C=O) groups is 2. The topological polar surface area (TPSA) is 90.5 Å². The van der Waals surface area contributed by atoms with E-state index in [1.807, 2.05) is 20.8 Å². The molecule has 1 spiro atoms. The molecule has 0 aromatic heterocycles. The van der Waals surface area contributed by atoms with E-state index in [-0.39, 0.29) is 22.2 Å². The van der Waals surface area contributed by atoms with E-state index in [2.05, 4.69) is 22.5 Å². The van der Waals surface area contributed by atoms with Crippen molar-refractivity contribution in [3.05, 3.63) is 64.7 Å². The summed E-state index contributed by atoms with van der Waals surface area (Å²) < 4.78 is 41.3. The van der Waals surface area contributed by atoms with Crippen LogP contribution >= 0.6 is 11.6 Å². The number of hydrogen-bond acceptors (Lipinski definition) is 4. The second-order valence-corrected chi connectivity index (χ2v) is 12.7. The summed E-state index contributed by atoms with van der Waals surface area (Å²) in [6.07, 6.45) is 4.86. The molecule has 39 heavy (non-hydrogen) atoms. The molecule has 2 heterocycles. The molecule has 0 unspecified atom stereocenters. The van der Waals surface area contributed by atoms with E-state index in [1.54, 1.807) is 13.0 Å². The third-order valence-electron chi connectivity index (χ3n) is 7.84. The molecule has 4 atom stereocenters. The minimum Gasteiger partial charge on any atom is -0.390 e. The summed E-state index contributed by atoms with van der Waals surface area (Å²) in [6.45, 7) is 10.5. The highest BCUT2D eigenvalue weighted by molar-refractivity contribution is 6.31. The van der Waals surface area contributed by atoms with Crippen molar-refractivity contribution in [2.24, 2.45) is 11.3 Å². The molecular weight excluding hydrogens is 531 g/mol.